The van der Waals surface area contributed by atoms with Gasteiger partial charge in [0.05, 0.1) is 24.1 Å². The monoisotopic (exact) mass is 352 g/mol. The minimum absolute atomic E-state index is 0.190. The molecule has 1 N–H and O–H groups in total. The van der Waals surface area contributed by atoms with Crippen LogP contribution in [0.5, 0.6) is 0 Å². The van der Waals surface area contributed by atoms with E-state index in [1.807, 2.05) is 6.92 Å². The van der Waals surface area contributed by atoms with Crippen LogP contribution < -0.4 is 5.32 Å². The van der Waals surface area contributed by atoms with Crippen molar-refractivity contribution in [3.05, 3.63) is 46.5 Å². The Bertz CT molecular complexity index is 689. The van der Waals surface area contributed by atoms with Gasteiger partial charge in [0.1, 0.15) is 11.0 Å². The SMILES string of the molecule is Cc1nn(-c2ccc(F)cc2)c(Cl)c1CNC[C@H]1CN(C)CCO1. The highest BCUT2D eigenvalue weighted by atomic mass is 35.5. The minimum atomic E-state index is -0.280. The number of nitrogens with one attached hydrogen (secondary N) is 1. The molecule has 0 unspecified atom stereocenters. The summed E-state index contributed by atoms with van der Waals surface area (Å²) in [5.74, 6) is -0.280. The van der Waals surface area contributed by atoms with Gasteiger partial charge in [-0.2, -0.15) is 5.10 Å². The molecule has 1 aromatic carbocycles. The van der Waals surface area contributed by atoms with Crippen LogP contribution in [0, 0.1) is 12.7 Å². The Hall–Kier alpha value is -1.47. The first-order valence-corrected chi connectivity index (χ1v) is 8.43. The smallest absolute Gasteiger partial charge is 0.137 e. The minimum Gasteiger partial charge on any atom is -0.374 e. The average Bonchev–Trinajstić information content (AvgIpc) is 2.84. The van der Waals surface area contributed by atoms with Crippen LogP contribution in [-0.4, -0.2) is 54.1 Å². The Balaban J connectivity index is 1.65. The number of nitrogens with zero attached hydrogens (tertiary/aromatic N) is 3. The summed E-state index contributed by atoms with van der Waals surface area (Å²) < 4.78 is 20.4. The lowest BCUT2D eigenvalue weighted by Crippen LogP contribution is -2.44. The Morgan fingerprint density at radius 3 is 2.83 bits per heavy atom. The van der Waals surface area contributed by atoms with E-state index in [0.29, 0.717) is 11.7 Å². The number of halogens is 2. The third-order valence-electron chi connectivity index (χ3n) is 4.21. The van der Waals surface area contributed by atoms with E-state index in [0.717, 1.165) is 43.2 Å². The third-order valence-corrected chi connectivity index (χ3v) is 4.60. The molecular formula is C17H22ClFN4O. The quantitative estimate of drug-likeness (QED) is 0.897. The number of likely N-dealkylation sites (N-methyl/N-ethyl adjacent to an activating group) is 1. The fourth-order valence-corrected chi connectivity index (χ4v) is 3.17. The summed E-state index contributed by atoms with van der Waals surface area (Å²) in [5.41, 5.74) is 2.55. The van der Waals surface area contributed by atoms with Crippen molar-refractivity contribution in [2.45, 2.75) is 19.6 Å². The van der Waals surface area contributed by atoms with E-state index in [4.69, 9.17) is 16.3 Å². The van der Waals surface area contributed by atoms with Crippen molar-refractivity contribution < 1.29 is 9.13 Å². The van der Waals surface area contributed by atoms with E-state index in [-0.39, 0.29) is 11.9 Å². The summed E-state index contributed by atoms with van der Waals surface area (Å²) in [6.07, 6.45) is 0.190. The first-order valence-electron chi connectivity index (χ1n) is 8.05. The molecule has 24 heavy (non-hydrogen) atoms. The summed E-state index contributed by atoms with van der Waals surface area (Å²) in [6.45, 7) is 5.98. The molecule has 0 spiro atoms. The van der Waals surface area contributed by atoms with Gasteiger partial charge in [-0.1, -0.05) is 11.6 Å². The van der Waals surface area contributed by atoms with Crippen LogP contribution in [0.15, 0.2) is 24.3 Å². The summed E-state index contributed by atoms with van der Waals surface area (Å²) in [5, 5.41) is 8.42. The van der Waals surface area contributed by atoms with Gasteiger partial charge < -0.3 is 15.0 Å². The average molecular weight is 353 g/mol. The molecule has 3 rings (SSSR count). The second-order valence-electron chi connectivity index (χ2n) is 6.13. The number of hydrogen-bond acceptors (Lipinski definition) is 4. The molecule has 0 amide bonds. The van der Waals surface area contributed by atoms with E-state index in [9.17, 15) is 4.39 Å². The molecule has 1 aliphatic rings. The largest absolute Gasteiger partial charge is 0.374 e. The van der Waals surface area contributed by atoms with Crippen LogP contribution in [0.4, 0.5) is 4.39 Å². The normalized spacial score (nSPS) is 18.9. The van der Waals surface area contributed by atoms with Crippen molar-refractivity contribution in [1.29, 1.82) is 0 Å². The molecule has 0 saturated carbocycles. The van der Waals surface area contributed by atoms with Gasteiger partial charge in [0.15, 0.2) is 0 Å². The highest BCUT2D eigenvalue weighted by Gasteiger charge is 2.19. The van der Waals surface area contributed by atoms with Crippen LogP contribution in [-0.2, 0) is 11.3 Å². The Kier molecular flexibility index (Phi) is 5.50. The summed E-state index contributed by atoms with van der Waals surface area (Å²) in [4.78, 5) is 2.26. The van der Waals surface area contributed by atoms with E-state index >= 15 is 0 Å². The molecule has 7 heteroatoms. The van der Waals surface area contributed by atoms with E-state index in [1.54, 1.807) is 16.8 Å². The maximum atomic E-state index is 13.1. The van der Waals surface area contributed by atoms with Crippen molar-refractivity contribution in [3.63, 3.8) is 0 Å². The number of aryl methyl sites for hydroxylation is 1. The van der Waals surface area contributed by atoms with Gasteiger partial charge in [0.25, 0.3) is 0 Å². The molecule has 2 heterocycles. The predicted molar refractivity (Wildman–Crippen MR) is 92.2 cm³/mol. The molecule has 1 aromatic heterocycles. The molecule has 0 aliphatic carbocycles. The van der Waals surface area contributed by atoms with Crippen LogP contribution in [0.25, 0.3) is 5.69 Å². The first-order chi connectivity index (χ1) is 11.5. The predicted octanol–water partition coefficient (Wildman–Crippen LogP) is 2.39. The Labute approximate surface area is 146 Å². The summed E-state index contributed by atoms with van der Waals surface area (Å²) >= 11 is 6.48. The Morgan fingerprint density at radius 1 is 1.38 bits per heavy atom. The number of hydrogen-bond donors (Lipinski definition) is 1. The number of morpholine rings is 1. The molecule has 1 aliphatic heterocycles. The van der Waals surface area contributed by atoms with Crippen LogP contribution in [0.2, 0.25) is 5.15 Å². The molecule has 0 bridgehead atoms. The molecular weight excluding hydrogens is 331 g/mol. The maximum absolute atomic E-state index is 13.1. The molecule has 1 atom stereocenters. The molecule has 1 saturated heterocycles. The van der Waals surface area contributed by atoms with E-state index in [2.05, 4.69) is 22.4 Å². The fraction of sp³-hybridized carbons (Fsp3) is 0.471. The van der Waals surface area contributed by atoms with Gasteiger partial charge in [0, 0.05) is 31.7 Å². The lowest BCUT2D eigenvalue weighted by Gasteiger charge is -2.30. The van der Waals surface area contributed by atoms with Crippen molar-refractivity contribution >= 4 is 11.6 Å². The van der Waals surface area contributed by atoms with Crippen molar-refractivity contribution in [3.8, 4) is 5.69 Å². The van der Waals surface area contributed by atoms with Crippen molar-refractivity contribution in [1.82, 2.24) is 20.0 Å². The van der Waals surface area contributed by atoms with Gasteiger partial charge in [-0.05, 0) is 38.2 Å². The van der Waals surface area contributed by atoms with E-state index in [1.165, 1.54) is 12.1 Å². The zero-order valence-electron chi connectivity index (χ0n) is 13.9. The Morgan fingerprint density at radius 2 is 2.12 bits per heavy atom. The van der Waals surface area contributed by atoms with E-state index < -0.39 is 0 Å². The molecule has 130 valence electrons. The first kappa shape index (κ1) is 17.4. The number of ether oxygens (including phenoxy) is 1. The highest BCUT2D eigenvalue weighted by molar-refractivity contribution is 6.30. The lowest BCUT2D eigenvalue weighted by molar-refractivity contribution is -0.0182. The molecule has 1 fully saturated rings. The topological polar surface area (TPSA) is 42.3 Å². The highest BCUT2D eigenvalue weighted by Crippen LogP contribution is 2.23. The van der Waals surface area contributed by atoms with Crippen molar-refractivity contribution in [2.24, 2.45) is 0 Å². The standard InChI is InChI=1S/C17H22ClFN4O/c1-12-16(10-20-9-15-11-22(2)7-8-24-15)17(18)23(21-12)14-5-3-13(19)4-6-14/h3-6,15,20H,7-11H2,1-2H3/t15-/m0/s1. The maximum Gasteiger partial charge on any atom is 0.137 e. The molecule has 0 radical (unpaired) electrons. The number of rotatable bonds is 5. The second-order valence-corrected chi connectivity index (χ2v) is 6.49. The fourth-order valence-electron chi connectivity index (χ4n) is 2.83. The molecule has 2 aromatic rings. The van der Waals surface area contributed by atoms with Gasteiger partial charge in [0.2, 0.25) is 0 Å². The molecule has 5 nitrogen and oxygen atoms in total. The zero-order chi connectivity index (χ0) is 17.1. The van der Waals surface area contributed by atoms with Gasteiger partial charge in [-0.25, -0.2) is 9.07 Å². The van der Waals surface area contributed by atoms with Crippen LogP contribution >= 0.6 is 11.6 Å². The lowest BCUT2D eigenvalue weighted by atomic mass is 10.2. The summed E-state index contributed by atoms with van der Waals surface area (Å²) in [6, 6.07) is 6.13. The van der Waals surface area contributed by atoms with Gasteiger partial charge in [-0.15, -0.1) is 0 Å². The number of benzene rings is 1. The zero-order valence-corrected chi connectivity index (χ0v) is 14.7. The van der Waals surface area contributed by atoms with Crippen molar-refractivity contribution in [2.75, 3.05) is 33.3 Å². The second kappa shape index (κ2) is 7.61. The van der Waals surface area contributed by atoms with Gasteiger partial charge >= 0.3 is 0 Å². The van der Waals surface area contributed by atoms with Crippen LogP contribution in [0.1, 0.15) is 11.3 Å². The summed E-state index contributed by atoms with van der Waals surface area (Å²) in [7, 11) is 2.10. The third kappa shape index (κ3) is 3.95. The van der Waals surface area contributed by atoms with Crippen LogP contribution in [0.3, 0.4) is 0 Å². The number of aromatic nitrogens is 2. The van der Waals surface area contributed by atoms with Gasteiger partial charge in [-0.3, -0.25) is 0 Å².